The molecule has 0 aliphatic carbocycles. The number of hydrogen-bond acceptors (Lipinski definition) is 4. The molecular weight excluding hydrogens is 346 g/mol. The lowest BCUT2D eigenvalue weighted by Crippen LogP contribution is -2.40. The predicted octanol–water partition coefficient (Wildman–Crippen LogP) is 4.50. The highest BCUT2D eigenvalue weighted by Gasteiger charge is 2.22. The molecule has 0 spiro atoms. The van der Waals surface area contributed by atoms with E-state index in [0.717, 1.165) is 13.1 Å². The van der Waals surface area contributed by atoms with E-state index in [1.54, 1.807) is 18.4 Å². The van der Waals surface area contributed by atoms with Crippen LogP contribution in [0.3, 0.4) is 0 Å². The van der Waals surface area contributed by atoms with Crippen molar-refractivity contribution in [2.45, 2.75) is 31.7 Å². The summed E-state index contributed by atoms with van der Waals surface area (Å²) in [5.41, 5.74) is 1.96. The lowest BCUT2D eigenvalue weighted by molar-refractivity contribution is 0.199. The van der Waals surface area contributed by atoms with Crippen molar-refractivity contribution in [3.05, 3.63) is 46.7 Å². The number of likely N-dealkylation sites (tertiary alicyclic amines) is 1. The monoisotopic (exact) mass is 373 g/mol. The van der Waals surface area contributed by atoms with Crippen LogP contribution in [0.2, 0.25) is 0 Å². The zero-order valence-electron chi connectivity index (χ0n) is 15.2. The van der Waals surface area contributed by atoms with E-state index in [1.165, 1.54) is 31.2 Å². The number of ether oxygens (including phenoxy) is 1. The number of rotatable bonds is 6. The largest absolute Gasteiger partial charge is 0.495 e. The summed E-state index contributed by atoms with van der Waals surface area (Å²) in [6.07, 6.45) is 5.06. The Morgan fingerprint density at radius 1 is 1.19 bits per heavy atom. The van der Waals surface area contributed by atoms with Gasteiger partial charge in [-0.15, -0.1) is 0 Å². The van der Waals surface area contributed by atoms with Gasteiger partial charge in [-0.3, -0.25) is 4.90 Å². The summed E-state index contributed by atoms with van der Waals surface area (Å²) in [5.74, 6) is 0.657. The fourth-order valence-corrected chi connectivity index (χ4v) is 4.14. The van der Waals surface area contributed by atoms with Gasteiger partial charge < -0.3 is 15.4 Å². The molecule has 1 aliphatic heterocycles. The molecule has 2 N–H and O–H groups in total. The summed E-state index contributed by atoms with van der Waals surface area (Å²) in [7, 11) is 1.60. The molecule has 0 bridgehead atoms. The number of carbonyl (C=O) groups is 1. The van der Waals surface area contributed by atoms with Gasteiger partial charge in [0.15, 0.2) is 0 Å². The van der Waals surface area contributed by atoms with Crippen molar-refractivity contribution in [1.29, 1.82) is 0 Å². The smallest absolute Gasteiger partial charge is 0.319 e. The molecule has 1 atom stereocenters. The topological polar surface area (TPSA) is 53.6 Å². The van der Waals surface area contributed by atoms with Crippen molar-refractivity contribution in [3.63, 3.8) is 0 Å². The quantitative estimate of drug-likeness (QED) is 0.784. The number of urea groups is 1. The highest BCUT2D eigenvalue weighted by Crippen LogP contribution is 2.26. The summed E-state index contributed by atoms with van der Waals surface area (Å²) < 4.78 is 5.29. The molecule has 6 heteroatoms. The summed E-state index contributed by atoms with van der Waals surface area (Å²) in [6.45, 7) is 2.78. The third kappa shape index (κ3) is 4.99. The van der Waals surface area contributed by atoms with Gasteiger partial charge in [0.1, 0.15) is 5.75 Å². The molecule has 1 aromatic heterocycles. The van der Waals surface area contributed by atoms with Crippen LogP contribution in [0, 0.1) is 0 Å². The van der Waals surface area contributed by atoms with Crippen molar-refractivity contribution in [2.24, 2.45) is 0 Å². The number of thiophene rings is 1. The number of anilines is 1. The maximum Gasteiger partial charge on any atom is 0.319 e. The fourth-order valence-electron chi connectivity index (χ4n) is 3.43. The van der Waals surface area contributed by atoms with Gasteiger partial charge in [-0.25, -0.2) is 4.79 Å². The Labute approximate surface area is 159 Å². The first kappa shape index (κ1) is 18.7. The second-order valence-electron chi connectivity index (χ2n) is 6.56. The molecule has 2 aromatic rings. The third-order valence-electron chi connectivity index (χ3n) is 4.82. The normalized spacial score (nSPS) is 16.5. The van der Waals surface area contributed by atoms with Gasteiger partial charge in [0, 0.05) is 6.54 Å². The van der Waals surface area contributed by atoms with E-state index >= 15 is 0 Å². The van der Waals surface area contributed by atoms with Crippen molar-refractivity contribution < 1.29 is 9.53 Å². The van der Waals surface area contributed by atoms with Crippen LogP contribution in [0.25, 0.3) is 0 Å². The van der Waals surface area contributed by atoms with Crippen LogP contribution in [-0.4, -0.2) is 37.7 Å². The maximum absolute atomic E-state index is 12.4. The van der Waals surface area contributed by atoms with Crippen molar-refractivity contribution in [1.82, 2.24) is 10.2 Å². The number of hydrogen-bond donors (Lipinski definition) is 2. The van der Waals surface area contributed by atoms with Crippen molar-refractivity contribution in [2.75, 3.05) is 32.1 Å². The zero-order valence-corrected chi connectivity index (χ0v) is 16.1. The minimum atomic E-state index is -0.204. The van der Waals surface area contributed by atoms with E-state index in [-0.39, 0.29) is 12.1 Å². The molecule has 5 nitrogen and oxygen atoms in total. The molecule has 0 saturated carbocycles. The zero-order chi connectivity index (χ0) is 18.2. The van der Waals surface area contributed by atoms with E-state index in [4.69, 9.17) is 4.74 Å². The Balaban J connectivity index is 1.62. The van der Waals surface area contributed by atoms with Gasteiger partial charge in [0.25, 0.3) is 0 Å². The Bertz CT molecular complexity index is 682. The second-order valence-corrected chi connectivity index (χ2v) is 7.34. The van der Waals surface area contributed by atoms with E-state index in [1.807, 2.05) is 24.3 Å². The molecule has 26 heavy (non-hydrogen) atoms. The molecule has 1 aliphatic rings. The Kier molecular flexibility index (Phi) is 6.91. The van der Waals surface area contributed by atoms with Gasteiger partial charge in [0.2, 0.25) is 0 Å². The second kappa shape index (κ2) is 9.59. The molecule has 0 radical (unpaired) electrons. The molecule has 0 unspecified atom stereocenters. The lowest BCUT2D eigenvalue weighted by atomic mass is 10.1. The SMILES string of the molecule is COc1ccccc1NC(=O)NC[C@H](c1ccsc1)N1CCCCCC1. The van der Waals surface area contributed by atoms with Crippen LogP contribution < -0.4 is 15.4 Å². The van der Waals surface area contributed by atoms with Gasteiger partial charge in [-0.1, -0.05) is 25.0 Å². The number of nitrogens with zero attached hydrogens (tertiary/aromatic N) is 1. The third-order valence-corrected chi connectivity index (χ3v) is 5.52. The molecule has 3 rings (SSSR count). The van der Waals surface area contributed by atoms with E-state index in [0.29, 0.717) is 18.0 Å². The molecule has 1 aromatic carbocycles. The summed E-state index contributed by atoms with van der Waals surface area (Å²) in [4.78, 5) is 14.9. The van der Waals surface area contributed by atoms with Gasteiger partial charge in [0.05, 0.1) is 18.8 Å². The lowest BCUT2D eigenvalue weighted by Gasteiger charge is -2.30. The van der Waals surface area contributed by atoms with Crippen molar-refractivity contribution >= 4 is 23.1 Å². The Hall–Kier alpha value is -2.05. The number of amides is 2. The van der Waals surface area contributed by atoms with Crippen LogP contribution in [0.4, 0.5) is 10.5 Å². The maximum atomic E-state index is 12.4. The number of nitrogens with one attached hydrogen (secondary N) is 2. The molecular formula is C20H27N3O2S. The van der Waals surface area contributed by atoms with Gasteiger partial charge in [-0.05, 0) is 60.5 Å². The number of methoxy groups -OCH3 is 1. The molecule has 2 heterocycles. The first-order chi connectivity index (χ1) is 12.8. The predicted molar refractivity (Wildman–Crippen MR) is 107 cm³/mol. The van der Waals surface area contributed by atoms with Crippen LogP contribution >= 0.6 is 11.3 Å². The number of benzene rings is 1. The minimum absolute atomic E-state index is 0.204. The van der Waals surface area contributed by atoms with Gasteiger partial charge in [-0.2, -0.15) is 11.3 Å². The average molecular weight is 374 g/mol. The van der Waals surface area contributed by atoms with Crippen LogP contribution in [0.15, 0.2) is 41.1 Å². The van der Waals surface area contributed by atoms with E-state index in [9.17, 15) is 4.79 Å². The first-order valence-electron chi connectivity index (χ1n) is 9.22. The number of carbonyl (C=O) groups excluding carboxylic acids is 1. The fraction of sp³-hybridized carbons (Fsp3) is 0.450. The average Bonchev–Trinajstić information content (AvgIpc) is 3.05. The highest BCUT2D eigenvalue weighted by molar-refractivity contribution is 7.07. The molecule has 2 amide bonds. The summed E-state index contributed by atoms with van der Waals surface area (Å²) in [5, 5.41) is 10.2. The Morgan fingerprint density at radius 3 is 2.65 bits per heavy atom. The van der Waals surface area contributed by atoms with Crippen molar-refractivity contribution in [3.8, 4) is 5.75 Å². The molecule has 1 saturated heterocycles. The van der Waals surface area contributed by atoms with E-state index in [2.05, 4.69) is 32.4 Å². The van der Waals surface area contributed by atoms with Crippen LogP contribution in [0.5, 0.6) is 5.75 Å². The summed E-state index contributed by atoms with van der Waals surface area (Å²) >= 11 is 1.71. The van der Waals surface area contributed by atoms with E-state index < -0.39 is 0 Å². The molecule has 1 fully saturated rings. The standard InChI is InChI=1S/C20H27N3O2S/c1-25-19-9-5-4-8-17(19)22-20(24)21-14-18(16-10-13-26-15-16)23-11-6-2-3-7-12-23/h4-5,8-10,13,15,18H,2-3,6-7,11-12,14H2,1H3,(H2,21,22,24)/t18-/m1/s1. The molecule has 140 valence electrons. The first-order valence-corrected chi connectivity index (χ1v) is 10.2. The van der Waals surface area contributed by atoms with Crippen LogP contribution in [0.1, 0.15) is 37.3 Å². The minimum Gasteiger partial charge on any atom is -0.495 e. The van der Waals surface area contributed by atoms with Gasteiger partial charge >= 0.3 is 6.03 Å². The highest BCUT2D eigenvalue weighted by atomic mass is 32.1. The summed E-state index contributed by atoms with van der Waals surface area (Å²) in [6, 6.07) is 9.62. The Morgan fingerprint density at radius 2 is 1.96 bits per heavy atom. The van der Waals surface area contributed by atoms with Crippen LogP contribution in [-0.2, 0) is 0 Å². The number of para-hydroxylation sites is 2.